The largest absolute Gasteiger partial charge is 0.493 e. The van der Waals surface area contributed by atoms with Gasteiger partial charge in [0.05, 0.1) is 18.9 Å². The van der Waals surface area contributed by atoms with Crippen molar-refractivity contribution in [1.29, 1.82) is 0 Å². The summed E-state index contributed by atoms with van der Waals surface area (Å²) in [6.45, 7) is 13.0. The van der Waals surface area contributed by atoms with E-state index in [1.165, 1.54) is 19.4 Å². The molecular weight excluding hydrogens is 434 g/mol. The maximum Gasteiger partial charge on any atom is 0.313 e. The van der Waals surface area contributed by atoms with Crippen LogP contribution in [-0.2, 0) is 14.3 Å². The van der Waals surface area contributed by atoms with Gasteiger partial charge in [0, 0.05) is 24.6 Å². The van der Waals surface area contributed by atoms with E-state index in [1.807, 2.05) is 45.9 Å². The van der Waals surface area contributed by atoms with Gasteiger partial charge in [0.2, 0.25) is 5.75 Å². The summed E-state index contributed by atoms with van der Waals surface area (Å²) in [4.78, 5) is 42.1. The fourth-order valence-electron chi connectivity index (χ4n) is 3.75. The van der Waals surface area contributed by atoms with Crippen molar-refractivity contribution in [2.45, 2.75) is 66.9 Å². The van der Waals surface area contributed by atoms with E-state index in [0.29, 0.717) is 0 Å². The predicted molar refractivity (Wildman–Crippen MR) is 129 cm³/mol. The molecule has 184 valence electrons. The van der Waals surface area contributed by atoms with Gasteiger partial charge in [-0.05, 0) is 37.5 Å². The number of ketones is 1. The number of methoxy groups -OCH3 is 1. The molecule has 0 saturated carbocycles. The summed E-state index contributed by atoms with van der Waals surface area (Å²) in [5.74, 6) is -2.35. The number of hydrogen-bond donors (Lipinski definition) is 0. The normalized spacial score (nSPS) is 13.7. The molecule has 0 aliphatic carbocycles. The van der Waals surface area contributed by atoms with Gasteiger partial charge in [-0.25, -0.2) is 4.98 Å². The van der Waals surface area contributed by atoms with Crippen molar-refractivity contribution in [2.24, 2.45) is 11.8 Å². The van der Waals surface area contributed by atoms with E-state index < -0.39 is 29.6 Å². The molecule has 3 atom stereocenters. The van der Waals surface area contributed by atoms with Crippen LogP contribution in [0.15, 0.2) is 30.5 Å². The predicted octanol–water partition coefficient (Wildman–Crippen LogP) is 5.21. The van der Waals surface area contributed by atoms with E-state index in [4.69, 9.17) is 14.2 Å². The number of esters is 2. The van der Waals surface area contributed by atoms with Gasteiger partial charge in [0.1, 0.15) is 6.10 Å². The van der Waals surface area contributed by atoms with E-state index in [0.717, 1.165) is 16.7 Å². The molecule has 7 heteroatoms. The lowest BCUT2D eigenvalue weighted by molar-refractivity contribution is -0.153. The Morgan fingerprint density at radius 3 is 2.12 bits per heavy atom. The molecule has 34 heavy (non-hydrogen) atoms. The zero-order valence-corrected chi connectivity index (χ0v) is 21.3. The molecule has 2 unspecified atom stereocenters. The summed E-state index contributed by atoms with van der Waals surface area (Å²) in [7, 11) is 1.41. The lowest BCUT2D eigenvalue weighted by Crippen LogP contribution is -2.27. The second kappa shape index (κ2) is 11.8. The molecule has 0 saturated heterocycles. The Morgan fingerprint density at radius 2 is 1.56 bits per heavy atom. The monoisotopic (exact) mass is 469 g/mol. The second-order valence-electron chi connectivity index (χ2n) is 9.03. The molecule has 7 nitrogen and oxygen atoms in total. The van der Waals surface area contributed by atoms with Crippen molar-refractivity contribution < 1.29 is 28.6 Å². The summed E-state index contributed by atoms with van der Waals surface area (Å²) in [5, 5.41) is 0. The molecule has 0 aliphatic heterocycles. The number of aryl methyl sites for hydroxylation is 2. The number of benzene rings is 1. The van der Waals surface area contributed by atoms with Crippen LogP contribution in [0.3, 0.4) is 0 Å². The van der Waals surface area contributed by atoms with Gasteiger partial charge < -0.3 is 14.2 Å². The summed E-state index contributed by atoms with van der Waals surface area (Å²) in [5.41, 5.74) is 3.39. The van der Waals surface area contributed by atoms with Crippen molar-refractivity contribution in [3.05, 3.63) is 52.8 Å². The molecule has 2 aromatic rings. The van der Waals surface area contributed by atoms with Crippen molar-refractivity contribution in [3.8, 4) is 11.5 Å². The Morgan fingerprint density at radius 1 is 0.941 bits per heavy atom. The fourth-order valence-corrected chi connectivity index (χ4v) is 3.75. The van der Waals surface area contributed by atoms with Crippen molar-refractivity contribution in [3.63, 3.8) is 0 Å². The smallest absolute Gasteiger partial charge is 0.313 e. The lowest BCUT2D eigenvalue weighted by Gasteiger charge is -2.25. The van der Waals surface area contributed by atoms with E-state index in [-0.39, 0.29) is 35.6 Å². The molecule has 1 aromatic carbocycles. The van der Waals surface area contributed by atoms with Gasteiger partial charge >= 0.3 is 11.9 Å². The average molecular weight is 470 g/mol. The van der Waals surface area contributed by atoms with Crippen LogP contribution in [0.25, 0.3) is 0 Å². The Bertz CT molecular complexity index is 1030. The molecule has 2 rings (SSSR count). The third-order valence-corrected chi connectivity index (χ3v) is 5.92. The Balaban J connectivity index is 2.13. The molecule has 0 aliphatic rings. The first-order chi connectivity index (χ1) is 16.0. The molecule has 0 amide bonds. The first-order valence-corrected chi connectivity index (χ1v) is 11.5. The highest BCUT2D eigenvalue weighted by atomic mass is 16.6. The fraction of sp³-hybridized carbons (Fsp3) is 0.481. The van der Waals surface area contributed by atoms with Crippen molar-refractivity contribution in [2.75, 3.05) is 7.11 Å². The molecule has 1 heterocycles. The van der Waals surface area contributed by atoms with Crippen LogP contribution in [-0.4, -0.2) is 35.9 Å². The van der Waals surface area contributed by atoms with Gasteiger partial charge in [-0.2, -0.15) is 0 Å². The van der Waals surface area contributed by atoms with Gasteiger partial charge in [0.15, 0.2) is 17.2 Å². The lowest BCUT2D eigenvalue weighted by atomic mass is 9.89. The minimum absolute atomic E-state index is 0.00449. The number of aromatic nitrogens is 1. The SMILES string of the molecule is COc1ccnc(C(=O)C[C@@H](C)C(=O)OC(C)C(C)c2c(C)cccc2C)c1OC(=O)C(C)C. The average Bonchev–Trinajstić information content (AvgIpc) is 2.78. The van der Waals surface area contributed by atoms with E-state index in [9.17, 15) is 14.4 Å². The Kier molecular flexibility index (Phi) is 9.36. The highest BCUT2D eigenvalue weighted by molar-refractivity contribution is 6.00. The summed E-state index contributed by atoms with van der Waals surface area (Å²) < 4.78 is 16.4. The first kappa shape index (κ1) is 27.0. The van der Waals surface area contributed by atoms with Crippen LogP contribution in [0.4, 0.5) is 0 Å². The van der Waals surface area contributed by atoms with Gasteiger partial charge in [-0.15, -0.1) is 0 Å². The van der Waals surface area contributed by atoms with E-state index in [2.05, 4.69) is 4.98 Å². The van der Waals surface area contributed by atoms with E-state index >= 15 is 0 Å². The quantitative estimate of drug-likeness (QED) is 0.348. The molecule has 1 aromatic heterocycles. The third kappa shape index (κ3) is 6.43. The number of rotatable bonds is 10. The number of ether oxygens (including phenoxy) is 3. The standard InChI is InChI=1S/C27H35NO6/c1-15(2)26(30)34-25-22(32-8)12-13-28-24(25)21(29)14-18(5)27(31)33-20(7)19(6)23-16(3)10-9-11-17(23)4/h9-13,15,18-20H,14H2,1-8H3/t18-,19?,20?/m1/s1. The third-order valence-electron chi connectivity index (χ3n) is 5.92. The van der Waals surface area contributed by atoms with Crippen LogP contribution in [0, 0.1) is 25.7 Å². The number of hydrogen-bond acceptors (Lipinski definition) is 7. The van der Waals surface area contributed by atoms with Crippen LogP contribution in [0.1, 0.15) is 74.1 Å². The number of nitrogens with zero attached hydrogens (tertiary/aromatic N) is 1. The molecular formula is C27H35NO6. The number of Topliss-reactive ketones (excluding diaryl/α,β-unsaturated/α-hetero) is 1. The minimum atomic E-state index is -0.707. The van der Waals surface area contributed by atoms with E-state index in [1.54, 1.807) is 20.8 Å². The Hall–Kier alpha value is -3.22. The van der Waals surface area contributed by atoms with Gasteiger partial charge in [0.25, 0.3) is 0 Å². The highest BCUT2D eigenvalue weighted by Gasteiger charge is 2.28. The van der Waals surface area contributed by atoms with Crippen LogP contribution in [0.5, 0.6) is 11.5 Å². The molecule has 0 radical (unpaired) electrons. The zero-order chi connectivity index (χ0) is 25.6. The van der Waals surface area contributed by atoms with Crippen LogP contribution < -0.4 is 9.47 Å². The van der Waals surface area contributed by atoms with Crippen LogP contribution in [0.2, 0.25) is 0 Å². The molecule has 0 N–H and O–H groups in total. The highest BCUT2D eigenvalue weighted by Crippen LogP contribution is 2.32. The second-order valence-corrected chi connectivity index (χ2v) is 9.03. The maximum atomic E-state index is 13.0. The summed E-state index contributed by atoms with van der Waals surface area (Å²) >= 11 is 0. The number of carbonyl (C=O) groups is 3. The number of pyridine rings is 1. The van der Waals surface area contributed by atoms with Gasteiger partial charge in [-0.3, -0.25) is 14.4 Å². The molecule has 0 fully saturated rings. The van der Waals surface area contributed by atoms with Crippen molar-refractivity contribution in [1.82, 2.24) is 4.98 Å². The Labute approximate surface area is 201 Å². The molecule has 0 bridgehead atoms. The van der Waals surface area contributed by atoms with Crippen molar-refractivity contribution >= 4 is 17.7 Å². The van der Waals surface area contributed by atoms with Crippen LogP contribution >= 0.6 is 0 Å². The summed E-state index contributed by atoms with van der Waals surface area (Å²) in [6.07, 6.45) is 0.883. The number of carbonyl (C=O) groups excluding carboxylic acids is 3. The topological polar surface area (TPSA) is 91.8 Å². The maximum absolute atomic E-state index is 13.0. The minimum Gasteiger partial charge on any atom is -0.493 e. The molecule has 0 spiro atoms. The van der Waals surface area contributed by atoms with Gasteiger partial charge in [-0.1, -0.05) is 45.9 Å². The summed E-state index contributed by atoms with van der Waals surface area (Å²) in [6, 6.07) is 7.59. The first-order valence-electron chi connectivity index (χ1n) is 11.5. The zero-order valence-electron chi connectivity index (χ0n) is 21.3.